The van der Waals surface area contributed by atoms with Gasteiger partial charge < -0.3 is 15.0 Å². The SMILES string of the molecule is COc1cc(Cl)c(C)cc1NC(=O)CCN(C)c1ccccc1. The number of aryl methyl sites for hydroxylation is 1. The predicted octanol–water partition coefficient (Wildman–Crippen LogP) is 4.12. The van der Waals surface area contributed by atoms with E-state index in [0.29, 0.717) is 29.4 Å². The Morgan fingerprint density at radius 2 is 1.96 bits per heavy atom. The van der Waals surface area contributed by atoms with Gasteiger partial charge in [0, 0.05) is 36.8 Å². The van der Waals surface area contributed by atoms with Gasteiger partial charge >= 0.3 is 0 Å². The number of para-hydroxylation sites is 1. The highest BCUT2D eigenvalue weighted by atomic mass is 35.5. The van der Waals surface area contributed by atoms with Gasteiger partial charge in [0.2, 0.25) is 5.91 Å². The number of rotatable bonds is 6. The van der Waals surface area contributed by atoms with Gasteiger partial charge in [0.15, 0.2) is 0 Å². The zero-order valence-electron chi connectivity index (χ0n) is 13.6. The molecule has 0 atom stereocenters. The van der Waals surface area contributed by atoms with Crippen LogP contribution >= 0.6 is 11.6 Å². The van der Waals surface area contributed by atoms with Crippen LogP contribution in [0.2, 0.25) is 5.02 Å². The molecule has 5 heteroatoms. The highest BCUT2D eigenvalue weighted by Crippen LogP contribution is 2.31. The highest BCUT2D eigenvalue weighted by molar-refractivity contribution is 6.31. The molecule has 1 N–H and O–H groups in total. The molecule has 0 aliphatic carbocycles. The van der Waals surface area contributed by atoms with Gasteiger partial charge in [-0.15, -0.1) is 0 Å². The van der Waals surface area contributed by atoms with E-state index in [1.54, 1.807) is 13.2 Å². The molecule has 0 bridgehead atoms. The number of benzene rings is 2. The highest BCUT2D eigenvalue weighted by Gasteiger charge is 2.11. The molecule has 0 unspecified atom stereocenters. The molecule has 4 nitrogen and oxygen atoms in total. The number of ether oxygens (including phenoxy) is 1. The van der Waals surface area contributed by atoms with Crippen LogP contribution in [0.3, 0.4) is 0 Å². The number of methoxy groups -OCH3 is 1. The molecule has 23 heavy (non-hydrogen) atoms. The first-order valence-electron chi connectivity index (χ1n) is 7.41. The molecule has 0 radical (unpaired) electrons. The number of nitrogens with one attached hydrogen (secondary N) is 1. The third-order valence-electron chi connectivity index (χ3n) is 3.63. The molecule has 0 spiro atoms. The quantitative estimate of drug-likeness (QED) is 0.865. The van der Waals surface area contributed by atoms with Crippen molar-refractivity contribution in [1.29, 1.82) is 0 Å². The van der Waals surface area contributed by atoms with Crippen molar-refractivity contribution in [1.82, 2.24) is 0 Å². The van der Waals surface area contributed by atoms with Crippen LogP contribution in [0.4, 0.5) is 11.4 Å². The molecule has 2 rings (SSSR count). The Bertz CT molecular complexity index is 674. The minimum atomic E-state index is -0.0622. The summed E-state index contributed by atoms with van der Waals surface area (Å²) in [6.07, 6.45) is 0.385. The molecule has 0 saturated heterocycles. The Morgan fingerprint density at radius 3 is 2.61 bits per heavy atom. The van der Waals surface area contributed by atoms with E-state index >= 15 is 0 Å². The molecule has 0 heterocycles. The van der Waals surface area contributed by atoms with Gasteiger partial charge in [-0.2, -0.15) is 0 Å². The van der Waals surface area contributed by atoms with Crippen LogP contribution in [-0.4, -0.2) is 26.6 Å². The van der Waals surface area contributed by atoms with Crippen LogP contribution in [0.15, 0.2) is 42.5 Å². The molecule has 0 aliphatic rings. The van der Waals surface area contributed by atoms with Gasteiger partial charge in [0.1, 0.15) is 5.75 Å². The van der Waals surface area contributed by atoms with Crippen LogP contribution in [0.5, 0.6) is 5.75 Å². The number of nitrogens with zero attached hydrogens (tertiary/aromatic N) is 1. The Hall–Kier alpha value is -2.20. The topological polar surface area (TPSA) is 41.6 Å². The van der Waals surface area contributed by atoms with Gasteiger partial charge in [0.25, 0.3) is 0 Å². The van der Waals surface area contributed by atoms with Crippen molar-refractivity contribution in [2.75, 3.05) is 30.9 Å². The van der Waals surface area contributed by atoms with E-state index in [0.717, 1.165) is 11.3 Å². The molecule has 0 aliphatic heterocycles. The summed E-state index contributed by atoms with van der Waals surface area (Å²) in [5.74, 6) is 0.498. The molecule has 0 fully saturated rings. The zero-order chi connectivity index (χ0) is 16.8. The average molecular weight is 333 g/mol. The second kappa shape index (κ2) is 7.88. The van der Waals surface area contributed by atoms with E-state index in [1.807, 2.05) is 55.3 Å². The number of hydrogen-bond acceptors (Lipinski definition) is 3. The van der Waals surface area contributed by atoms with Crippen molar-refractivity contribution in [3.8, 4) is 5.75 Å². The fourth-order valence-electron chi connectivity index (χ4n) is 2.22. The standard InChI is InChI=1S/C18H21ClN2O2/c1-13-11-16(17(23-3)12-15(13)19)20-18(22)9-10-21(2)14-7-5-4-6-8-14/h4-8,11-12H,9-10H2,1-3H3,(H,20,22). The van der Waals surface area contributed by atoms with E-state index in [-0.39, 0.29) is 5.91 Å². The van der Waals surface area contributed by atoms with Gasteiger partial charge in [0.05, 0.1) is 12.8 Å². The van der Waals surface area contributed by atoms with Crippen molar-refractivity contribution >= 4 is 28.9 Å². The first kappa shape index (κ1) is 17.2. The van der Waals surface area contributed by atoms with Gasteiger partial charge in [-0.25, -0.2) is 0 Å². The summed E-state index contributed by atoms with van der Waals surface area (Å²) in [6.45, 7) is 2.52. The van der Waals surface area contributed by atoms with Crippen LogP contribution < -0.4 is 15.0 Å². The second-order valence-corrected chi connectivity index (χ2v) is 5.76. The molecule has 2 aromatic rings. The third-order valence-corrected chi connectivity index (χ3v) is 4.03. The van der Waals surface area contributed by atoms with Crippen molar-refractivity contribution in [2.24, 2.45) is 0 Å². The number of carbonyl (C=O) groups excluding carboxylic acids is 1. The van der Waals surface area contributed by atoms with Crippen molar-refractivity contribution in [3.05, 3.63) is 53.1 Å². The molecular formula is C18H21ClN2O2. The summed E-state index contributed by atoms with van der Waals surface area (Å²) >= 11 is 6.07. The Labute approximate surface area is 142 Å². The summed E-state index contributed by atoms with van der Waals surface area (Å²) in [5, 5.41) is 3.50. The summed E-state index contributed by atoms with van der Waals surface area (Å²) in [6, 6.07) is 13.5. The lowest BCUT2D eigenvalue weighted by Gasteiger charge is -2.19. The fraction of sp³-hybridized carbons (Fsp3) is 0.278. The van der Waals surface area contributed by atoms with E-state index in [4.69, 9.17) is 16.3 Å². The van der Waals surface area contributed by atoms with E-state index in [2.05, 4.69) is 5.32 Å². The number of carbonyl (C=O) groups is 1. The molecule has 2 aromatic carbocycles. The average Bonchev–Trinajstić information content (AvgIpc) is 2.56. The van der Waals surface area contributed by atoms with Gasteiger partial charge in [-0.3, -0.25) is 4.79 Å². The molecule has 0 saturated carbocycles. The summed E-state index contributed by atoms with van der Waals surface area (Å²) in [7, 11) is 3.52. The molecule has 1 amide bonds. The van der Waals surface area contributed by atoms with Crippen LogP contribution in [0.1, 0.15) is 12.0 Å². The summed E-state index contributed by atoms with van der Waals surface area (Å²) in [4.78, 5) is 14.2. The third kappa shape index (κ3) is 4.63. The van der Waals surface area contributed by atoms with Crippen LogP contribution in [0.25, 0.3) is 0 Å². The van der Waals surface area contributed by atoms with E-state index < -0.39 is 0 Å². The van der Waals surface area contributed by atoms with Gasteiger partial charge in [-0.1, -0.05) is 29.8 Å². The lowest BCUT2D eigenvalue weighted by atomic mass is 10.2. The minimum Gasteiger partial charge on any atom is -0.495 e. The van der Waals surface area contributed by atoms with Crippen molar-refractivity contribution in [2.45, 2.75) is 13.3 Å². The smallest absolute Gasteiger partial charge is 0.226 e. The maximum absolute atomic E-state index is 12.2. The summed E-state index contributed by atoms with van der Waals surface area (Å²) < 4.78 is 5.27. The maximum Gasteiger partial charge on any atom is 0.226 e. The monoisotopic (exact) mass is 332 g/mol. The number of anilines is 2. The van der Waals surface area contributed by atoms with Crippen LogP contribution in [0, 0.1) is 6.92 Å². The van der Waals surface area contributed by atoms with Crippen molar-refractivity contribution < 1.29 is 9.53 Å². The minimum absolute atomic E-state index is 0.0622. The molecule has 0 aromatic heterocycles. The Morgan fingerprint density at radius 1 is 1.26 bits per heavy atom. The normalized spacial score (nSPS) is 10.3. The van der Waals surface area contributed by atoms with Crippen LogP contribution in [-0.2, 0) is 4.79 Å². The Kier molecular flexibility index (Phi) is 5.88. The Balaban J connectivity index is 1.96. The van der Waals surface area contributed by atoms with E-state index in [9.17, 15) is 4.79 Å². The maximum atomic E-state index is 12.2. The lowest BCUT2D eigenvalue weighted by molar-refractivity contribution is -0.116. The summed E-state index contributed by atoms with van der Waals surface area (Å²) in [5.41, 5.74) is 2.62. The fourth-order valence-corrected chi connectivity index (χ4v) is 2.38. The first-order chi connectivity index (χ1) is 11.0. The number of hydrogen-bond donors (Lipinski definition) is 1. The number of halogens is 1. The largest absolute Gasteiger partial charge is 0.495 e. The van der Waals surface area contributed by atoms with E-state index in [1.165, 1.54) is 0 Å². The second-order valence-electron chi connectivity index (χ2n) is 5.36. The van der Waals surface area contributed by atoms with Crippen molar-refractivity contribution in [3.63, 3.8) is 0 Å². The predicted molar refractivity (Wildman–Crippen MR) is 95.7 cm³/mol. The zero-order valence-corrected chi connectivity index (χ0v) is 14.4. The number of amides is 1. The first-order valence-corrected chi connectivity index (χ1v) is 7.79. The molecule has 122 valence electrons. The lowest BCUT2D eigenvalue weighted by Crippen LogP contribution is -2.24. The van der Waals surface area contributed by atoms with Gasteiger partial charge in [-0.05, 0) is 30.7 Å². The molecular weight excluding hydrogens is 312 g/mol.